The average Bonchev–Trinajstić information content (AvgIpc) is 2.87. The Balaban J connectivity index is 2.01. The molecule has 0 unspecified atom stereocenters. The molecule has 0 aliphatic heterocycles. The van der Waals surface area contributed by atoms with Crippen LogP contribution in [0.3, 0.4) is 0 Å². The summed E-state index contributed by atoms with van der Waals surface area (Å²) in [6.07, 6.45) is 0.664. The maximum Gasteiger partial charge on any atom is 0.293 e. The van der Waals surface area contributed by atoms with Gasteiger partial charge in [0, 0.05) is 12.1 Å². The number of carbonyl (C=O) groups is 1. The van der Waals surface area contributed by atoms with E-state index in [4.69, 9.17) is 0 Å². The van der Waals surface area contributed by atoms with E-state index in [0.717, 1.165) is 16.3 Å². The van der Waals surface area contributed by atoms with Crippen LogP contribution in [0.15, 0.2) is 23.6 Å². The number of nitrogens with one attached hydrogen (secondary N) is 1. The molecule has 0 aromatic carbocycles. The number of aromatic amines is 1. The van der Waals surface area contributed by atoms with Crippen molar-refractivity contribution >= 4 is 17.8 Å². The standard InChI is InChI=1S/C10H10N2O2S/c13-7-14-4-3-8-6-9(12-11-8)10-2-1-5-15-10/h1-2,5-7H,3-4H2,(H,11,12). The molecule has 15 heavy (non-hydrogen) atoms. The predicted octanol–water partition coefficient (Wildman–Crippen LogP) is 1.85. The van der Waals surface area contributed by atoms with Crippen LogP contribution in [-0.2, 0) is 16.0 Å². The second-order valence-electron chi connectivity index (χ2n) is 2.97. The molecule has 0 bridgehead atoms. The molecule has 0 saturated heterocycles. The first-order valence-corrected chi connectivity index (χ1v) is 5.41. The fourth-order valence-corrected chi connectivity index (χ4v) is 1.94. The van der Waals surface area contributed by atoms with Gasteiger partial charge in [-0.25, -0.2) is 0 Å². The summed E-state index contributed by atoms with van der Waals surface area (Å²) < 4.78 is 4.61. The maximum absolute atomic E-state index is 9.94. The molecule has 0 atom stereocenters. The number of hydrogen-bond acceptors (Lipinski definition) is 4. The van der Waals surface area contributed by atoms with Crippen LogP contribution in [0.2, 0.25) is 0 Å². The van der Waals surface area contributed by atoms with Gasteiger partial charge in [-0.15, -0.1) is 11.3 Å². The fourth-order valence-electron chi connectivity index (χ4n) is 1.26. The molecule has 0 aliphatic carbocycles. The molecule has 0 aliphatic rings. The van der Waals surface area contributed by atoms with Crippen molar-refractivity contribution in [2.45, 2.75) is 6.42 Å². The third kappa shape index (κ3) is 2.44. The third-order valence-corrected chi connectivity index (χ3v) is 2.85. The zero-order chi connectivity index (χ0) is 10.5. The second kappa shape index (κ2) is 4.75. The summed E-state index contributed by atoms with van der Waals surface area (Å²) in [4.78, 5) is 11.1. The zero-order valence-corrected chi connectivity index (χ0v) is 8.79. The first-order chi connectivity index (χ1) is 7.40. The number of hydrogen-bond donors (Lipinski definition) is 1. The Bertz CT molecular complexity index is 422. The highest BCUT2D eigenvalue weighted by molar-refractivity contribution is 7.13. The molecule has 0 radical (unpaired) electrons. The predicted molar refractivity (Wildman–Crippen MR) is 57.6 cm³/mol. The van der Waals surface area contributed by atoms with Crippen LogP contribution in [0, 0.1) is 0 Å². The molecule has 0 amide bonds. The summed E-state index contributed by atoms with van der Waals surface area (Å²) in [5, 5.41) is 9.11. The van der Waals surface area contributed by atoms with E-state index in [1.807, 2.05) is 23.6 Å². The Morgan fingerprint density at radius 1 is 1.60 bits per heavy atom. The largest absolute Gasteiger partial charge is 0.467 e. The number of H-pyrrole nitrogens is 1. The molecular formula is C10H10N2O2S. The highest BCUT2D eigenvalue weighted by Crippen LogP contribution is 2.22. The lowest BCUT2D eigenvalue weighted by molar-refractivity contribution is -0.128. The van der Waals surface area contributed by atoms with Gasteiger partial charge < -0.3 is 4.74 Å². The molecule has 5 heteroatoms. The third-order valence-electron chi connectivity index (χ3n) is 1.96. The Hall–Kier alpha value is -1.62. The highest BCUT2D eigenvalue weighted by Gasteiger charge is 2.04. The van der Waals surface area contributed by atoms with Crippen molar-refractivity contribution in [3.8, 4) is 10.6 Å². The number of carbonyl (C=O) groups excluding carboxylic acids is 1. The van der Waals surface area contributed by atoms with E-state index in [-0.39, 0.29) is 0 Å². The summed E-state index contributed by atoms with van der Waals surface area (Å²) in [5.74, 6) is 0. The molecular weight excluding hydrogens is 212 g/mol. The minimum absolute atomic E-state index is 0.384. The molecule has 4 nitrogen and oxygen atoms in total. The zero-order valence-electron chi connectivity index (χ0n) is 7.97. The topological polar surface area (TPSA) is 55.0 Å². The van der Waals surface area contributed by atoms with Crippen LogP contribution < -0.4 is 0 Å². The molecule has 2 rings (SSSR count). The lowest BCUT2D eigenvalue weighted by atomic mass is 10.3. The highest BCUT2D eigenvalue weighted by atomic mass is 32.1. The molecule has 2 heterocycles. The van der Waals surface area contributed by atoms with E-state index in [1.165, 1.54) is 0 Å². The second-order valence-corrected chi connectivity index (χ2v) is 3.92. The van der Waals surface area contributed by atoms with Gasteiger partial charge in [-0.1, -0.05) is 6.07 Å². The number of aromatic nitrogens is 2. The van der Waals surface area contributed by atoms with E-state index in [1.54, 1.807) is 11.3 Å². The van der Waals surface area contributed by atoms with Crippen molar-refractivity contribution in [1.82, 2.24) is 10.2 Å². The van der Waals surface area contributed by atoms with Gasteiger partial charge in [-0.05, 0) is 17.5 Å². The number of rotatable bonds is 5. The molecule has 78 valence electrons. The van der Waals surface area contributed by atoms with Gasteiger partial charge in [0.25, 0.3) is 6.47 Å². The Morgan fingerprint density at radius 2 is 2.53 bits per heavy atom. The van der Waals surface area contributed by atoms with Crippen molar-refractivity contribution in [1.29, 1.82) is 0 Å². The van der Waals surface area contributed by atoms with Crippen molar-refractivity contribution < 1.29 is 9.53 Å². The van der Waals surface area contributed by atoms with E-state index in [2.05, 4.69) is 14.9 Å². The van der Waals surface area contributed by atoms with Crippen LogP contribution in [0.25, 0.3) is 10.6 Å². The van der Waals surface area contributed by atoms with Gasteiger partial charge in [0.05, 0.1) is 11.5 Å². The normalized spacial score (nSPS) is 10.1. The first-order valence-electron chi connectivity index (χ1n) is 4.53. The summed E-state index contributed by atoms with van der Waals surface area (Å²) >= 11 is 1.65. The van der Waals surface area contributed by atoms with Gasteiger partial charge >= 0.3 is 0 Å². The van der Waals surface area contributed by atoms with Crippen LogP contribution in [-0.4, -0.2) is 23.3 Å². The van der Waals surface area contributed by atoms with Crippen LogP contribution in [0.4, 0.5) is 0 Å². The Labute approximate surface area is 90.9 Å². The van der Waals surface area contributed by atoms with Gasteiger partial charge in [-0.3, -0.25) is 9.89 Å². The van der Waals surface area contributed by atoms with Gasteiger partial charge in [0.1, 0.15) is 5.69 Å². The van der Waals surface area contributed by atoms with E-state index in [0.29, 0.717) is 19.5 Å². The Morgan fingerprint density at radius 3 is 3.27 bits per heavy atom. The average molecular weight is 222 g/mol. The van der Waals surface area contributed by atoms with Crippen molar-refractivity contribution in [2.75, 3.05) is 6.61 Å². The summed E-state index contributed by atoms with van der Waals surface area (Å²) in [7, 11) is 0. The number of ether oxygens (including phenoxy) is 1. The summed E-state index contributed by atoms with van der Waals surface area (Å²) in [6, 6.07) is 5.98. The molecule has 0 saturated carbocycles. The van der Waals surface area contributed by atoms with Crippen molar-refractivity contribution in [2.24, 2.45) is 0 Å². The van der Waals surface area contributed by atoms with Gasteiger partial charge in [0.2, 0.25) is 0 Å². The van der Waals surface area contributed by atoms with Crippen LogP contribution in [0.1, 0.15) is 5.69 Å². The Kier molecular flexibility index (Phi) is 3.14. The first kappa shape index (κ1) is 9.92. The minimum atomic E-state index is 0.384. The number of thiophene rings is 1. The van der Waals surface area contributed by atoms with Crippen LogP contribution >= 0.6 is 11.3 Å². The quantitative estimate of drug-likeness (QED) is 0.620. The molecule has 2 aromatic heterocycles. The molecule has 0 spiro atoms. The molecule has 1 N–H and O–H groups in total. The fraction of sp³-hybridized carbons (Fsp3) is 0.200. The smallest absolute Gasteiger partial charge is 0.293 e. The number of nitrogens with zero attached hydrogens (tertiary/aromatic N) is 1. The summed E-state index contributed by atoms with van der Waals surface area (Å²) in [5.41, 5.74) is 1.91. The monoisotopic (exact) mass is 222 g/mol. The van der Waals surface area contributed by atoms with E-state index in [9.17, 15) is 4.79 Å². The molecule has 2 aromatic rings. The lowest BCUT2D eigenvalue weighted by Crippen LogP contribution is -1.96. The lowest BCUT2D eigenvalue weighted by Gasteiger charge is -1.93. The van der Waals surface area contributed by atoms with Gasteiger partial charge in [-0.2, -0.15) is 5.10 Å². The van der Waals surface area contributed by atoms with Crippen molar-refractivity contribution in [3.63, 3.8) is 0 Å². The van der Waals surface area contributed by atoms with E-state index < -0.39 is 0 Å². The molecule has 0 fully saturated rings. The summed E-state index contributed by atoms with van der Waals surface area (Å²) in [6.45, 7) is 0.839. The van der Waals surface area contributed by atoms with Gasteiger partial charge in [0.15, 0.2) is 0 Å². The van der Waals surface area contributed by atoms with E-state index >= 15 is 0 Å². The minimum Gasteiger partial charge on any atom is -0.467 e. The van der Waals surface area contributed by atoms with Crippen LogP contribution in [0.5, 0.6) is 0 Å². The SMILES string of the molecule is O=COCCc1cc(-c2cccs2)n[nH]1. The van der Waals surface area contributed by atoms with Crippen molar-refractivity contribution in [3.05, 3.63) is 29.3 Å². The maximum atomic E-state index is 9.94.